The second-order valence-electron chi connectivity index (χ2n) is 10.9. The zero-order valence-electron chi connectivity index (χ0n) is 24.8. The molecular formula is C28H38N8O6S. The Morgan fingerprint density at radius 2 is 1.93 bits per heavy atom. The molecule has 15 heteroatoms. The summed E-state index contributed by atoms with van der Waals surface area (Å²) in [4.78, 5) is 26.1. The van der Waals surface area contributed by atoms with Gasteiger partial charge in [0.25, 0.3) is 0 Å². The molecule has 2 aliphatic heterocycles. The van der Waals surface area contributed by atoms with Crippen molar-refractivity contribution in [2.24, 2.45) is 0 Å². The van der Waals surface area contributed by atoms with E-state index in [-0.39, 0.29) is 43.7 Å². The number of fused-ring (bicyclic) bond motifs is 1. The standard InChI is InChI=1S/C28H38N8O6S/c1-6-25(38)29-21-13-22(24(41-4)14-23(21)34-10-7-18(8-11-34)33(2)3)30-28-31-26-20(9-12-35(26)17-37)27(32-28)42-19-15-36(16-19)43(5,39)40/h6,9,12-14,18-19,37H,1,7-8,10-11,15-17H2,2-5H3,(H,29,38)(H,30,31,32). The highest BCUT2D eigenvalue weighted by atomic mass is 32.2. The van der Waals surface area contributed by atoms with Crippen molar-refractivity contribution in [3.8, 4) is 11.6 Å². The Morgan fingerprint density at radius 1 is 1.21 bits per heavy atom. The van der Waals surface area contributed by atoms with E-state index >= 15 is 0 Å². The van der Waals surface area contributed by atoms with E-state index in [0.717, 1.165) is 37.9 Å². The van der Waals surface area contributed by atoms with Gasteiger partial charge in [0.2, 0.25) is 27.8 Å². The largest absolute Gasteiger partial charge is 0.494 e. The normalized spacial score (nSPS) is 16.7. The van der Waals surface area contributed by atoms with Gasteiger partial charge in [-0.3, -0.25) is 4.79 Å². The zero-order chi connectivity index (χ0) is 30.9. The molecule has 1 amide bonds. The van der Waals surface area contributed by atoms with E-state index in [1.165, 1.54) is 14.9 Å². The van der Waals surface area contributed by atoms with Crippen molar-refractivity contribution >= 4 is 50.0 Å². The summed E-state index contributed by atoms with van der Waals surface area (Å²) < 4.78 is 38.3. The molecule has 0 radical (unpaired) electrons. The van der Waals surface area contributed by atoms with Crippen LogP contribution in [-0.4, -0.2) is 109 Å². The van der Waals surface area contributed by atoms with Gasteiger partial charge in [0, 0.05) is 31.4 Å². The van der Waals surface area contributed by atoms with Crippen molar-refractivity contribution in [3.63, 3.8) is 0 Å². The fraction of sp³-hybridized carbons (Fsp3) is 0.464. The summed E-state index contributed by atoms with van der Waals surface area (Å²) in [6.45, 7) is 5.32. The topological polar surface area (TPSA) is 154 Å². The maximum atomic E-state index is 12.4. The van der Waals surface area contributed by atoms with Crippen LogP contribution in [0.2, 0.25) is 0 Å². The molecule has 2 fully saturated rings. The van der Waals surface area contributed by atoms with Crippen LogP contribution in [0.25, 0.3) is 11.0 Å². The molecule has 43 heavy (non-hydrogen) atoms. The highest BCUT2D eigenvalue weighted by molar-refractivity contribution is 7.88. The molecule has 2 aliphatic rings. The van der Waals surface area contributed by atoms with E-state index in [2.05, 4.69) is 51.1 Å². The summed E-state index contributed by atoms with van der Waals surface area (Å²) in [5.74, 6) is 0.567. The van der Waals surface area contributed by atoms with Crippen LogP contribution in [0.1, 0.15) is 12.8 Å². The summed E-state index contributed by atoms with van der Waals surface area (Å²) in [7, 11) is 2.43. The smallest absolute Gasteiger partial charge is 0.247 e. The van der Waals surface area contributed by atoms with Crippen LogP contribution in [0.15, 0.2) is 37.1 Å². The Hall–Kier alpha value is -3.92. The van der Waals surface area contributed by atoms with Crippen molar-refractivity contribution in [1.29, 1.82) is 0 Å². The molecule has 4 heterocycles. The lowest BCUT2D eigenvalue weighted by molar-refractivity contribution is -0.111. The quantitative estimate of drug-likeness (QED) is 0.271. The second kappa shape index (κ2) is 12.4. The number of hydrogen-bond acceptors (Lipinski definition) is 11. The number of benzene rings is 1. The van der Waals surface area contributed by atoms with E-state index in [4.69, 9.17) is 9.47 Å². The van der Waals surface area contributed by atoms with E-state index in [1.807, 2.05) is 6.07 Å². The minimum atomic E-state index is -3.31. The Kier molecular flexibility index (Phi) is 8.78. The number of hydrogen-bond donors (Lipinski definition) is 3. The Morgan fingerprint density at radius 3 is 2.53 bits per heavy atom. The number of nitrogens with zero attached hydrogens (tertiary/aromatic N) is 6. The maximum Gasteiger partial charge on any atom is 0.247 e. The first-order valence-electron chi connectivity index (χ1n) is 13.9. The molecular weight excluding hydrogens is 576 g/mol. The Labute approximate surface area is 250 Å². The van der Waals surface area contributed by atoms with Gasteiger partial charge >= 0.3 is 0 Å². The van der Waals surface area contributed by atoms with Gasteiger partial charge in [-0.1, -0.05) is 6.58 Å². The number of sulfonamides is 1. The van der Waals surface area contributed by atoms with E-state index < -0.39 is 10.0 Å². The number of ether oxygens (including phenoxy) is 2. The van der Waals surface area contributed by atoms with Crippen LogP contribution in [0.4, 0.5) is 23.0 Å². The average molecular weight is 615 g/mol. The van der Waals surface area contributed by atoms with Gasteiger partial charge in [-0.15, -0.1) is 0 Å². The molecule has 0 atom stereocenters. The van der Waals surface area contributed by atoms with Gasteiger partial charge in [0.1, 0.15) is 18.6 Å². The predicted octanol–water partition coefficient (Wildman–Crippen LogP) is 1.81. The number of piperidine rings is 1. The third-order valence-corrected chi connectivity index (χ3v) is 9.08. The van der Waals surface area contributed by atoms with Crippen molar-refractivity contribution in [3.05, 3.63) is 37.1 Å². The fourth-order valence-electron chi connectivity index (χ4n) is 5.33. The third-order valence-electron chi connectivity index (χ3n) is 7.84. The van der Waals surface area contributed by atoms with Crippen LogP contribution >= 0.6 is 0 Å². The summed E-state index contributed by atoms with van der Waals surface area (Å²) in [5.41, 5.74) is 2.31. The molecule has 0 spiro atoms. The molecule has 0 aliphatic carbocycles. The van der Waals surface area contributed by atoms with E-state index in [1.54, 1.807) is 25.4 Å². The molecule has 0 saturated carbocycles. The number of aliphatic hydroxyl groups is 1. The number of aromatic nitrogens is 3. The third kappa shape index (κ3) is 6.54. The van der Waals surface area contributed by atoms with Crippen molar-refractivity contribution in [1.82, 2.24) is 23.7 Å². The number of amides is 1. The van der Waals surface area contributed by atoms with Gasteiger partial charge < -0.3 is 39.6 Å². The summed E-state index contributed by atoms with van der Waals surface area (Å²) in [5, 5.41) is 16.6. The minimum absolute atomic E-state index is 0.161. The number of carbonyl (C=O) groups is 1. The number of rotatable bonds is 11. The molecule has 0 unspecified atom stereocenters. The number of nitrogens with one attached hydrogen (secondary N) is 2. The molecule has 2 saturated heterocycles. The van der Waals surface area contributed by atoms with Gasteiger partial charge in [0.05, 0.1) is 48.9 Å². The highest BCUT2D eigenvalue weighted by Gasteiger charge is 2.35. The first kappa shape index (κ1) is 30.5. The lowest BCUT2D eigenvalue weighted by Crippen LogP contribution is -2.55. The second-order valence-corrected chi connectivity index (χ2v) is 12.9. The van der Waals surface area contributed by atoms with Gasteiger partial charge in [-0.05, 0) is 45.1 Å². The maximum absolute atomic E-state index is 12.4. The number of anilines is 4. The SMILES string of the molecule is C=CC(=O)Nc1cc(Nc2nc(OC3CN(S(C)(=O)=O)C3)c3ccn(CO)c3n2)c(OC)cc1N1CCC(N(C)C)CC1. The minimum Gasteiger partial charge on any atom is -0.494 e. The van der Waals surface area contributed by atoms with Crippen LogP contribution < -0.4 is 25.0 Å². The first-order chi connectivity index (χ1) is 20.5. The number of methoxy groups -OCH3 is 1. The van der Waals surface area contributed by atoms with Crippen LogP contribution in [0.5, 0.6) is 11.6 Å². The lowest BCUT2D eigenvalue weighted by atomic mass is 10.0. The van der Waals surface area contributed by atoms with E-state index in [0.29, 0.717) is 34.2 Å². The van der Waals surface area contributed by atoms with Crippen LogP contribution in [0.3, 0.4) is 0 Å². The molecule has 0 bridgehead atoms. The molecule has 2 aromatic heterocycles. The molecule has 5 rings (SSSR count). The Balaban J connectivity index is 1.48. The molecule has 14 nitrogen and oxygen atoms in total. The van der Waals surface area contributed by atoms with Crippen molar-refractivity contribution in [2.45, 2.75) is 31.7 Å². The van der Waals surface area contributed by atoms with Gasteiger partial charge in [0.15, 0.2) is 5.65 Å². The molecule has 1 aromatic carbocycles. The summed E-state index contributed by atoms with van der Waals surface area (Å²) in [6, 6.07) is 5.86. The number of carbonyl (C=O) groups excluding carboxylic acids is 1. The van der Waals surface area contributed by atoms with Gasteiger partial charge in [-0.2, -0.15) is 14.3 Å². The summed E-state index contributed by atoms with van der Waals surface area (Å²) in [6.07, 6.45) is 5.62. The van der Waals surface area contributed by atoms with Crippen LogP contribution in [-0.2, 0) is 21.5 Å². The molecule has 3 N–H and O–H groups in total. The first-order valence-corrected chi connectivity index (χ1v) is 15.8. The predicted molar refractivity (Wildman–Crippen MR) is 165 cm³/mol. The average Bonchev–Trinajstić information content (AvgIpc) is 3.37. The lowest BCUT2D eigenvalue weighted by Gasteiger charge is -2.37. The Bertz CT molecular complexity index is 1610. The molecule has 232 valence electrons. The van der Waals surface area contributed by atoms with Gasteiger partial charge in [-0.25, -0.2) is 8.42 Å². The van der Waals surface area contributed by atoms with Crippen molar-refractivity contribution in [2.75, 3.05) is 69.2 Å². The number of aliphatic hydroxyl groups excluding tert-OH is 1. The fourth-order valence-corrected chi connectivity index (χ4v) is 6.20. The molecule has 3 aromatic rings. The van der Waals surface area contributed by atoms with E-state index in [9.17, 15) is 18.3 Å². The highest BCUT2D eigenvalue weighted by Crippen LogP contribution is 2.40. The monoisotopic (exact) mass is 614 g/mol. The summed E-state index contributed by atoms with van der Waals surface area (Å²) >= 11 is 0. The van der Waals surface area contributed by atoms with Crippen molar-refractivity contribution < 1.29 is 27.8 Å². The zero-order valence-corrected chi connectivity index (χ0v) is 25.6. The van der Waals surface area contributed by atoms with Crippen LogP contribution in [0, 0.1) is 0 Å².